The molecule has 0 aliphatic carbocycles. The number of piperidine rings is 2. The van der Waals surface area contributed by atoms with Crippen molar-refractivity contribution in [3.63, 3.8) is 0 Å². The van der Waals surface area contributed by atoms with Crippen molar-refractivity contribution in [2.75, 3.05) is 50.0 Å². The summed E-state index contributed by atoms with van der Waals surface area (Å²) in [5.41, 5.74) is 3.65. The number of halogens is 3. The van der Waals surface area contributed by atoms with Crippen LogP contribution in [0.1, 0.15) is 67.6 Å². The predicted molar refractivity (Wildman–Crippen MR) is 181 cm³/mol. The van der Waals surface area contributed by atoms with E-state index in [1.807, 2.05) is 13.1 Å². The molecule has 1 spiro atoms. The molecule has 1 atom stereocenters. The van der Waals surface area contributed by atoms with Gasteiger partial charge in [-0.15, -0.1) is 0 Å². The number of nitrogens with zero attached hydrogens (tertiary/aromatic N) is 3. The van der Waals surface area contributed by atoms with E-state index in [4.69, 9.17) is 27.9 Å². The van der Waals surface area contributed by atoms with E-state index < -0.39 is 11.7 Å². The number of ether oxygens (including phenoxy) is 1. The predicted octanol–water partition coefficient (Wildman–Crippen LogP) is 8.20. The molecule has 3 aliphatic rings. The summed E-state index contributed by atoms with van der Waals surface area (Å²) in [6, 6.07) is 18.4. The summed E-state index contributed by atoms with van der Waals surface area (Å²) in [6.45, 7) is 4.89. The van der Waals surface area contributed by atoms with Gasteiger partial charge in [0.25, 0.3) is 0 Å². The van der Waals surface area contributed by atoms with Gasteiger partial charge in [-0.25, -0.2) is 9.18 Å². The standard InChI is InChI=1S/C36H41Cl2FN4O3/c1-41(24-25-7-11-28(12-8-25)43-18-3-2-4-19-43)34(44)29(26-9-13-31(37)32(38)22-26)6-5-17-42-20-15-36(16-21-42)30-23-27(39)10-14-33(30)40-35(45)46-36/h7-14,22-23,29H,2-6,15-21,24H2,1H3,(H,40,45). The van der Waals surface area contributed by atoms with Gasteiger partial charge in [0.05, 0.1) is 21.7 Å². The number of likely N-dealkylation sites (N-methyl/N-ethyl adjacent to an activating group) is 1. The van der Waals surface area contributed by atoms with Crippen molar-refractivity contribution in [3.05, 3.63) is 93.2 Å². The maximum atomic E-state index is 14.1. The van der Waals surface area contributed by atoms with Crippen molar-refractivity contribution in [2.45, 2.75) is 63.0 Å². The lowest BCUT2D eigenvalue weighted by Gasteiger charge is -2.44. The van der Waals surface area contributed by atoms with Gasteiger partial charge in [0, 0.05) is 63.9 Å². The molecule has 6 rings (SSSR count). The van der Waals surface area contributed by atoms with Gasteiger partial charge < -0.3 is 19.4 Å². The third-order valence-electron chi connectivity index (χ3n) is 9.73. The molecule has 3 heterocycles. The van der Waals surface area contributed by atoms with Crippen molar-refractivity contribution >= 4 is 46.6 Å². The molecular formula is C36H41Cl2FN4O3. The Morgan fingerprint density at radius 3 is 2.43 bits per heavy atom. The monoisotopic (exact) mass is 666 g/mol. The molecule has 2 fully saturated rings. The minimum absolute atomic E-state index is 0.0383. The van der Waals surface area contributed by atoms with E-state index in [2.05, 4.69) is 39.4 Å². The summed E-state index contributed by atoms with van der Waals surface area (Å²) in [4.78, 5) is 32.8. The maximum absolute atomic E-state index is 14.1. The van der Waals surface area contributed by atoms with E-state index in [1.54, 1.807) is 23.1 Å². The maximum Gasteiger partial charge on any atom is 0.412 e. The molecule has 10 heteroatoms. The van der Waals surface area contributed by atoms with Crippen molar-refractivity contribution in [1.82, 2.24) is 9.80 Å². The average Bonchev–Trinajstić information content (AvgIpc) is 3.06. The van der Waals surface area contributed by atoms with Crippen molar-refractivity contribution in [3.8, 4) is 0 Å². The highest BCUT2D eigenvalue weighted by molar-refractivity contribution is 6.42. The van der Waals surface area contributed by atoms with Crippen LogP contribution in [-0.4, -0.2) is 61.6 Å². The van der Waals surface area contributed by atoms with Gasteiger partial charge in [-0.3, -0.25) is 10.1 Å². The molecule has 3 aliphatic heterocycles. The van der Waals surface area contributed by atoms with Crippen LogP contribution in [0.4, 0.5) is 20.6 Å². The summed E-state index contributed by atoms with van der Waals surface area (Å²) in [5, 5.41) is 3.59. The minimum Gasteiger partial charge on any atom is -0.438 e. The molecule has 1 N–H and O–H groups in total. The summed E-state index contributed by atoms with van der Waals surface area (Å²) in [6.07, 6.45) is 5.84. The first-order chi connectivity index (χ1) is 22.2. The summed E-state index contributed by atoms with van der Waals surface area (Å²) >= 11 is 12.6. The second-order valence-corrected chi connectivity index (χ2v) is 13.6. The van der Waals surface area contributed by atoms with E-state index in [-0.39, 0.29) is 17.6 Å². The molecule has 3 aromatic carbocycles. The minimum atomic E-state index is -0.830. The summed E-state index contributed by atoms with van der Waals surface area (Å²) < 4.78 is 19.9. The average molecular weight is 668 g/mol. The Balaban J connectivity index is 1.08. The Hall–Kier alpha value is -3.33. The van der Waals surface area contributed by atoms with Gasteiger partial charge in [-0.1, -0.05) is 41.4 Å². The number of fused-ring (bicyclic) bond motifs is 2. The highest BCUT2D eigenvalue weighted by Gasteiger charge is 2.44. The lowest BCUT2D eigenvalue weighted by atomic mass is 9.82. The Kier molecular flexibility index (Phi) is 10.1. The molecular weight excluding hydrogens is 626 g/mol. The molecule has 1 unspecified atom stereocenters. The van der Waals surface area contributed by atoms with Gasteiger partial charge in [0.2, 0.25) is 5.91 Å². The summed E-state index contributed by atoms with van der Waals surface area (Å²) in [5.74, 6) is -0.683. The smallest absolute Gasteiger partial charge is 0.412 e. The number of rotatable bonds is 9. The fourth-order valence-electron chi connectivity index (χ4n) is 7.14. The van der Waals surface area contributed by atoms with E-state index in [9.17, 15) is 14.0 Å². The number of carbonyl (C=O) groups excluding carboxylic acids is 2. The number of carbonyl (C=O) groups is 2. The number of benzene rings is 3. The number of hydrogen-bond acceptors (Lipinski definition) is 5. The number of nitrogens with one attached hydrogen (secondary N) is 1. The highest BCUT2D eigenvalue weighted by Crippen LogP contribution is 2.44. The van der Waals surface area contributed by atoms with Crippen LogP contribution in [0.5, 0.6) is 0 Å². The van der Waals surface area contributed by atoms with E-state index in [0.29, 0.717) is 60.2 Å². The third-order valence-corrected chi connectivity index (χ3v) is 10.5. The zero-order valence-electron chi connectivity index (χ0n) is 26.2. The molecule has 2 amide bonds. The van der Waals surface area contributed by atoms with Crippen molar-refractivity contribution < 1.29 is 18.7 Å². The molecule has 46 heavy (non-hydrogen) atoms. The molecule has 2 saturated heterocycles. The largest absolute Gasteiger partial charge is 0.438 e. The number of anilines is 2. The van der Waals surface area contributed by atoms with E-state index in [0.717, 1.165) is 37.2 Å². The number of likely N-dealkylation sites (tertiary alicyclic amines) is 1. The molecule has 0 aromatic heterocycles. The molecule has 0 bridgehead atoms. The van der Waals surface area contributed by atoms with Gasteiger partial charge in [-0.05, 0) is 92.2 Å². The van der Waals surface area contributed by atoms with Crippen LogP contribution in [-0.2, 0) is 21.7 Å². The van der Waals surface area contributed by atoms with Crippen LogP contribution in [0.25, 0.3) is 0 Å². The van der Waals surface area contributed by atoms with Crippen LogP contribution < -0.4 is 10.2 Å². The second kappa shape index (κ2) is 14.2. The van der Waals surface area contributed by atoms with Crippen LogP contribution in [0.3, 0.4) is 0 Å². The van der Waals surface area contributed by atoms with E-state index in [1.165, 1.54) is 37.1 Å². The van der Waals surface area contributed by atoms with Crippen LogP contribution in [0.15, 0.2) is 60.7 Å². The van der Waals surface area contributed by atoms with Crippen LogP contribution in [0.2, 0.25) is 10.0 Å². The van der Waals surface area contributed by atoms with Crippen molar-refractivity contribution in [2.24, 2.45) is 0 Å². The Morgan fingerprint density at radius 1 is 0.978 bits per heavy atom. The second-order valence-electron chi connectivity index (χ2n) is 12.8. The van der Waals surface area contributed by atoms with Crippen LogP contribution in [0, 0.1) is 5.82 Å². The van der Waals surface area contributed by atoms with Gasteiger partial charge in [0.1, 0.15) is 11.4 Å². The normalized spacial score (nSPS) is 18.4. The quantitative estimate of drug-likeness (QED) is 0.249. The van der Waals surface area contributed by atoms with Gasteiger partial charge in [-0.2, -0.15) is 0 Å². The number of hydrogen-bond donors (Lipinski definition) is 1. The lowest BCUT2D eigenvalue weighted by molar-refractivity contribution is -0.132. The Bertz CT molecular complexity index is 1560. The fourth-order valence-corrected chi connectivity index (χ4v) is 7.45. The van der Waals surface area contributed by atoms with Gasteiger partial charge >= 0.3 is 6.09 Å². The first-order valence-corrected chi connectivity index (χ1v) is 17.0. The topological polar surface area (TPSA) is 65.1 Å². The molecule has 244 valence electrons. The first-order valence-electron chi connectivity index (χ1n) is 16.3. The first kappa shape index (κ1) is 32.6. The zero-order valence-corrected chi connectivity index (χ0v) is 27.8. The molecule has 0 saturated carbocycles. The summed E-state index contributed by atoms with van der Waals surface area (Å²) in [7, 11) is 1.86. The van der Waals surface area contributed by atoms with Gasteiger partial charge in [0.15, 0.2) is 0 Å². The SMILES string of the molecule is CN(Cc1ccc(N2CCCCC2)cc1)C(=O)C(CCCN1CCC2(CC1)OC(=O)Nc1ccc(F)cc12)c1ccc(Cl)c(Cl)c1. The number of amides is 2. The molecule has 7 nitrogen and oxygen atoms in total. The molecule has 0 radical (unpaired) electrons. The Labute approximate surface area is 280 Å². The lowest BCUT2D eigenvalue weighted by Crippen LogP contribution is -2.48. The zero-order chi connectivity index (χ0) is 32.3. The molecule has 3 aromatic rings. The van der Waals surface area contributed by atoms with Crippen LogP contribution >= 0.6 is 23.2 Å². The van der Waals surface area contributed by atoms with Crippen molar-refractivity contribution in [1.29, 1.82) is 0 Å². The Morgan fingerprint density at radius 2 is 1.72 bits per heavy atom. The third kappa shape index (κ3) is 7.29. The fraction of sp³-hybridized carbons (Fsp3) is 0.444. The highest BCUT2D eigenvalue weighted by atomic mass is 35.5. The van der Waals surface area contributed by atoms with E-state index >= 15 is 0 Å².